The fourth-order valence-corrected chi connectivity index (χ4v) is 2.80. The molecule has 2 aromatic carbocycles. The second-order valence-corrected chi connectivity index (χ2v) is 6.25. The number of rotatable bonds is 4. The molecular weight excluding hydrogens is 290 g/mol. The van der Waals surface area contributed by atoms with Gasteiger partial charge in [-0.1, -0.05) is 0 Å². The maximum absolute atomic E-state index is 12.2. The zero-order valence-electron chi connectivity index (χ0n) is 11.3. The standard InChI is InChI=1S/C14H15N3O3S/c1-9-8-11(4-7-13(9)15)17-21(19,20)12-5-2-10(3-6-12)14(16)18/h2-8,17H,15H2,1H3,(H2,16,18). The minimum atomic E-state index is -3.73. The highest BCUT2D eigenvalue weighted by Crippen LogP contribution is 2.20. The van der Waals surface area contributed by atoms with Crippen LogP contribution in [0.2, 0.25) is 0 Å². The summed E-state index contributed by atoms with van der Waals surface area (Å²) in [6, 6.07) is 10.2. The topological polar surface area (TPSA) is 115 Å². The van der Waals surface area contributed by atoms with Crippen LogP contribution in [0.25, 0.3) is 0 Å². The first-order chi connectivity index (χ1) is 9.79. The first-order valence-electron chi connectivity index (χ1n) is 6.08. The monoisotopic (exact) mass is 305 g/mol. The van der Waals surface area contributed by atoms with Gasteiger partial charge in [0.2, 0.25) is 5.91 Å². The van der Waals surface area contributed by atoms with Crippen LogP contribution in [0, 0.1) is 6.92 Å². The van der Waals surface area contributed by atoms with E-state index in [9.17, 15) is 13.2 Å². The highest BCUT2D eigenvalue weighted by Gasteiger charge is 2.15. The van der Waals surface area contributed by atoms with E-state index in [0.717, 1.165) is 5.56 Å². The molecule has 0 aliphatic heterocycles. The largest absolute Gasteiger partial charge is 0.399 e. The fraction of sp³-hybridized carbons (Fsp3) is 0.0714. The number of sulfonamides is 1. The average Bonchev–Trinajstić information content (AvgIpc) is 2.43. The van der Waals surface area contributed by atoms with Crippen molar-refractivity contribution in [3.05, 3.63) is 53.6 Å². The fourth-order valence-electron chi connectivity index (χ4n) is 1.75. The molecule has 0 heterocycles. The summed E-state index contributed by atoms with van der Waals surface area (Å²) in [7, 11) is -3.73. The van der Waals surface area contributed by atoms with Gasteiger partial charge in [-0.3, -0.25) is 9.52 Å². The quantitative estimate of drug-likeness (QED) is 0.742. The van der Waals surface area contributed by atoms with Crippen molar-refractivity contribution in [3.8, 4) is 0 Å². The van der Waals surface area contributed by atoms with Gasteiger partial charge in [-0.2, -0.15) is 0 Å². The summed E-state index contributed by atoms with van der Waals surface area (Å²) in [5, 5.41) is 0. The Hall–Kier alpha value is -2.54. The number of primary amides is 1. The Balaban J connectivity index is 2.29. The highest BCUT2D eigenvalue weighted by molar-refractivity contribution is 7.92. The third-order valence-electron chi connectivity index (χ3n) is 2.97. The van der Waals surface area contributed by atoms with Crippen molar-refractivity contribution in [2.24, 2.45) is 5.73 Å². The van der Waals surface area contributed by atoms with Gasteiger partial charge < -0.3 is 11.5 Å². The molecule has 21 heavy (non-hydrogen) atoms. The summed E-state index contributed by atoms with van der Waals surface area (Å²) >= 11 is 0. The number of amides is 1. The first-order valence-corrected chi connectivity index (χ1v) is 7.57. The Morgan fingerprint density at radius 3 is 2.24 bits per heavy atom. The SMILES string of the molecule is Cc1cc(NS(=O)(=O)c2ccc(C(N)=O)cc2)ccc1N. The van der Waals surface area contributed by atoms with E-state index in [1.165, 1.54) is 24.3 Å². The molecule has 2 rings (SSSR count). The summed E-state index contributed by atoms with van der Waals surface area (Å²) < 4.78 is 26.9. The van der Waals surface area contributed by atoms with E-state index in [2.05, 4.69) is 4.72 Å². The molecule has 0 aromatic heterocycles. The maximum atomic E-state index is 12.2. The van der Waals surface area contributed by atoms with Gasteiger partial charge in [-0.25, -0.2) is 8.42 Å². The molecule has 0 fully saturated rings. The molecule has 0 aliphatic carbocycles. The molecule has 7 heteroatoms. The Bertz CT molecular complexity index is 784. The summed E-state index contributed by atoms with van der Waals surface area (Å²) in [6.45, 7) is 1.79. The lowest BCUT2D eigenvalue weighted by atomic mass is 10.2. The van der Waals surface area contributed by atoms with Gasteiger partial charge in [0.25, 0.3) is 10.0 Å². The number of hydrogen-bond acceptors (Lipinski definition) is 4. The zero-order valence-corrected chi connectivity index (χ0v) is 12.1. The normalized spacial score (nSPS) is 11.1. The molecule has 110 valence electrons. The first kappa shape index (κ1) is 14.9. The number of hydrogen-bond donors (Lipinski definition) is 3. The van der Waals surface area contributed by atoms with Gasteiger partial charge in [-0.05, 0) is 55.0 Å². The molecule has 0 unspecified atom stereocenters. The number of nitrogen functional groups attached to an aromatic ring is 1. The van der Waals surface area contributed by atoms with Crippen molar-refractivity contribution in [3.63, 3.8) is 0 Å². The van der Waals surface area contributed by atoms with Crippen LogP contribution in [0.3, 0.4) is 0 Å². The molecule has 2 aromatic rings. The van der Waals surface area contributed by atoms with Crippen LogP contribution in [0.4, 0.5) is 11.4 Å². The van der Waals surface area contributed by atoms with Gasteiger partial charge in [0.05, 0.1) is 4.90 Å². The van der Waals surface area contributed by atoms with Crippen molar-refractivity contribution in [2.75, 3.05) is 10.5 Å². The number of nitrogens with two attached hydrogens (primary N) is 2. The molecule has 0 bridgehead atoms. The minimum absolute atomic E-state index is 0.0435. The van der Waals surface area contributed by atoms with Crippen LogP contribution in [-0.4, -0.2) is 14.3 Å². The maximum Gasteiger partial charge on any atom is 0.261 e. The number of nitrogens with one attached hydrogen (secondary N) is 1. The molecule has 0 saturated heterocycles. The van der Waals surface area contributed by atoms with Gasteiger partial charge >= 0.3 is 0 Å². The Labute approximate surface area is 122 Å². The summed E-state index contributed by atoms with van der Waals surface area (Å²) in [6.07, 6.45) is 0. The summed E-state index contributed by atoms with van der Waals surface area (Å²) in [5.74, 6) is -0.610. The molecular formula is C14H15N3O3S. The average molecular weight is 305 g/mol. The number of benzene rings is 2. The number of anilines is 2. The van der Waals surface area contributed by atoms with Crippen molar-refractivity contribution in [2.45, 2.75) is 11.8 Å². The second-order valence-electron chi connectivity index (χ2n) is 4.57. The van der Waals surface area contributed by atoms with Crippen LogP contribution >= 0.6 is 0 Å². The van der Waals surface area contributed by atoms with Crippen molar-refractivity contribution in [1.29, 1.82) is 0 Å². The van der Waals surface area contributed by atoms with Crippen LogP contribution in [0.1, 0.15) is 15.9 Å². The molecule has 0 atom stereocenters. The van der Waals surface area contributed by atoms with E-state index in [-0.39, 0.29) is 10.5 Å². The van der Waals surface area contributed by atoms with E-state index in [0.29, 0.717) is 11.4 Å². The van der Waals surface area contributed by atoms with E-state index in [1.54, 1.807) is 25.1 Å². The van der Waals surface area contributed by atoms with E-state index < -0.39 is 15.9 Å². The van der Waals surface area contributed by atoms with Crippen molar-refractivity contribution >= 4 is 27.3 Å². The van der Waals surface area contributed by atoms with E-state index >= 15 is 0 Å². The zero-order chi connectivity index (χ0) is 15.6. The van der Waals surface area contributed by atoms with Crippen LogP contribution in [0.5, 0.6) is 0 Å². The van der Waals surface area contributed by atoms with Crippen LogP contribution in [0.15, 0.2) is 47.4 Å². The molecule has 1 amide bonds. The number of aryl methyl sites for hydroxylation is 1. The lowest BCUT2D eigenvalue weighted by Crippen LogP contribution is -2.14. The second kappa shape index (κ2) is 5.45. The molecule has 5 N–H and O–H groups in total. The molecule has 0 saturated carbocycles. The van der Waals surface area contributed by atoms with Crippen molar-refractivity contribution in [1.82, 2.24) is 0 Å². The third kappa shape index (κ3) is 3.32. The Morgan fingerprint density at radius 2 is 1.71 bits per heavy atom. The lowest BCUT2D eigenvalue weighted by Gasteiger charge is -2.10. The van der Waals surface area contributed by atoms with Gasteiger partial charge in [-0.15, -0.1) is 0 Å². The smallest absolute Gasteiger partial charge is 0.261 e. The highest BCUT2D eigenvalue weighted by atomic mass is 32.2. The molecule has 6 nitrogen and oxygen atoms in total. The number of carbonyl (C=O) groups excluding carboxylic acids is 1. The van der Waals surface area contributed by atoms with Crippen molar-refractivity contribution < 1.29 is 13.2 Å². The predicted molar refractivity (Wildman–Crippen MR) is 81.4 cm³/mol. The van der Waals surface area contributed by atoms with Gasteiger partial charge in [0.15, 0.2) is 0 Å². The van der Waals surface area contributed by atoms with Gasteiger partial charge in [0.1, 0.15) is 0 Å². The predicted octanol–water partition coefficient (Wildman–Crippen LogP) is 1.48. The summed E-state index contributed by atoms with van der Waals surface area (Å²) in [4.78, 5) is 11.0. The Morgan fingerprint density at radius 1 is 1.10 bits per heavy atom. The summed E-state index contributed by atoms with van der Waals surface area (Å²) in [5.41, 5.74) is 12.8. The third-order valence-corrected chi connectivity index (χ3v) is 4.37. The number of carbonyl (C=O) groups is 1. The van der Waals surface area contributed by atoms with Crippen LogP contribution < -0.4 is 16.2 Å². The minimum Gasteiger partial charge on any atom is -0.399 e. The molecule has 0 aliphatic rings. The lowest BCUT2D eigenvalue weighted by molar-refractivity contribution is 0.1000. The van der Waals surface area contributed by atoms with E-state index in [1.807, 2.05) is 0 Å². The van der Waals surface area contributed by atoms with Crippen LogP contribution in [-0.2, 0) is 10.0 Å². The Kier molecular flexibility index (Phi) is 3.86. The van der Waals surface area contributed by atoms with Gasteiger partial charge in [0, 0.05) is 16.9 Å². The van der Waals surface area contributed by atoms with E-state index in [4.69, 9.17) is 11.5 Å². The molecule has 0 radical (unpaired) electrons. The molecule has 0 spiro atoms.